The van der Waals surface area contributed by atoms with Crippen molar-refractivity contribution in [3.63, 3.8) is 0 Å². The van der Waals surface area contributed by atoms with Crippen LogP contribution >= 0.6 is 0 Å². The topological polar surface area (TPSA) is 95.9 Å². The Labute approximate surface area is 405 Å². The molecule has 0 aromatic rings. The molecule has 0 aliphatic carbocycles. The highest BCUT2D eigenvalue weighted by molar-refractivity contribution is 5.76. The minimum absolute atomic E-state index is 0.000230. The fourth-order valence-electron chi connectivity index (χ4n) is 8.98. The van der Waals surface area contributed by atoms with Crippen LogP contribution in [0.3, 0.4) is 0 Å². The van der Waals surface area contributed by atoms with Gasteiger partial charge in [-0.1, -0.05) is 269 Å². The molecule has 0 radical (unpaired) electrons. The van der Waals surface area contributed by atoms with Gasteiger partial charge in [0.25, 0.3) is 0 Å². The Morgan fingerprint density at radius 3 is 1.09 bits per heavy atom. The molecule has 0 aliphatic rings. The fraction of sp³-hybridized carbons (Fsp3) is 0.898. The molecular formula is C59H113NO5. The Bertz CT molecular complexity index is 1010. The molecule has 6 nitrogen and oxygen atoms in total. The predicted octanol–water partition coefficient (Wildman–Crippen LogP) is 17.9. The van der Waals surface area contributed by atoms with Gasteiger partial charge in [0, 0.05) is 12.8 Å². The van der Waals surface area contributed by atoms with Crippen molar-refractivity contribution in [1.29, 1.82) is 0 Å². The van der Waals surface area contributed by atoms with Gasteiger partial charge >= 0.3 is 5.97 Å². The quantitative estimate of drug-likeness (QED) is 0.0321. The third-order valence-electron chi connectivity index (χ3n) is 13.5. The third-order valence-corrected chi connectivity index (χ3v) is 13.5. The van der Waals surface area contributed by atoms with E-state index in [-0.39, 0.29) is 18.5 Å². The smallest absolute Gasteiger partial charge is 0.305 e. The van der Waals surface area contributed by atoms with Crippen molar-refractivity contribution in [3.8, 4) is 0 Å². The SMILES string of the molecule is CCCCCCCCCCCCCCCC/C=C/C(O)C(CO)NC(=O)CCCCCCC/C=C\CCCCCCCCCOC(=O)CCCCCCCCCCCCCCCCCC. The summed E-state index contributed by atoms with van der Waals surface area (Å²) >= 11 is 0. The molecule has 3 N–H and O–H groups in total. The number of aliphatic hydroxyl groups excluding tert-OH is 2. The van der Waals surface area contributed by atoms with Crippen molar-refractivity contribution >= 4 is 11.9 Å². The van der Waals surface area contributed by atoms with Crippen LogP contribution in [0.1, 0.15) is 316 Å². The Balaban J connectivity index is 3.48. The minimum atomic E-state index is -0.854. The highest BCUT2D eigenvalue weighted by Gasteiger charge is 2.18. The molecule has 384 valence electrons. The molecular weight excluding hydrogens is 803 g/mol. The summed E-state index contributed by atoms with van der Waals surface area (Å²) in [6, 6.07) is -0.639. The summed E-state index contributed by atoms with van der Waals surface area (Å²) in [6.07, 6.45) is 66.2. The van der Waals surface area contributed by atoms with Crippen LogP contribution in [-0.4, -0.2) is 47.4 Å². The second-order valence-corrected chi connectivity index (χ2v) is 20.0. The van der Waals surface area contributed by atoms with Gasteiger partial charge in [0.2, 0.25) is 5.91 Å². The molecule has 1 amide bonds. The molecule has 0 saturated carbocycles. The van der Waals surface area contributed by atoms with Gasteiger partial charge in [0.15, 0.2) is 0 Å². The molecule has 65 heavy (non-hydrogen) atoms. The number of carbonyl (C=O) groups is 2. The fourth-order valence-corrected chi connectivity index (χ4v) is 8.98. The van der Waals surface area contributed by atoms with Crippen molar-refractivity contribution in [2.75, 3.05) is 13.2 Å². The maximum atomic E-state index is 12.4. The van der Waals surface area contributed by atoms with E-state index in [0.29, 0.717) is 19.4 Å². The number of ether oxygens (including phenoxy) is 1. The zero-order valence-electron chi connectivity index (χ0n) is 43.7. The number of hydrogen-bond acceptors (Lipinski definition) is 5. The van der Waals surface area contributed by atoms with Crippen LogP contribution < -0.4 is 5.32 Å². The molecule has 0 bridgehead atoms. The van der Waals surface area contributed by atoms with E-state index < -0.39 is 12.1 Å². The van der Waals surface area contributed by atoms with Gasteiger partial charge in [-0.25, -0.2) is 0 Å². The summed E-state index contributed by atoms with van der Waals surface area (Å²) in [6.45, 7) is 4.90. The number of aliphatic hydroxyl groups is 2. The summed E-state index contributed by atoms with van der Waals surface area (Å²) in [7, 11) is 0. The lowest BCUT2D eigenvalue weighted by molar-refractivity contribution is -0.143. The average molecular weight is 917 g/mol. The summed E-state index contributed by atoms with van der Waals surface area (Å²) in [4.78, 5) is 24.5. The lowest BCUT2D eigenvalue weighted by Gasteiger charge is -2.20. The Kier molecular flexibility index (Phi) is 53.5. The first-order chi connectivity index (χ1) is 32.0. The zero-order chi connectivity index (χ0) is 47.2. The largest absolute Gasteiger partial charge is 0.466 e. The molecule has 6 heteroatoms. The molecule has 0 aliphatic heterocycles. The lowest BCUT2D eigenvalue weighted by atomic mass is 10.0. The van der Waals surface area contributed by atoms with E-state index in [1.807, 2.05) is 6.08 Å². The summed E-state index contributed by atoms with van der Waals surface area (Å²) in [5.74, 6) is -0.0837. The molecule has 2 unspecified atom stereocenters. The maximum Gasteiger partial charge on any atom is 0.305 e. The number of esters is 1. The van der Waals surface area contributed by atoms with Gasteiger partial charge in [-0.3, -0.25) is 9.59 Å². The van der Waals surface area contributed by atoms with E-state index in [0.717, 1.165) is 64.2 Å². The molecule has 0 heterocycles. The molecule has 0 aromatic heterocycles. The van der Waals surface area contributed by atoms with Gasteiger partial charge in [-0.15, -0.1) is 0 Å². The molecule has 0 aromatic carbocycles. The van der Waals surface area contributed by atoms with Crippen LogP contribution in [-0.2, 0) is 14.3 Å². The number of allylic oxidation sites excluding steroid dienone is 3. The Hall–Kier alpha value is -1.66. The van der Waals surface area contributed by atoms with Crippen molar-refractivity contribution in [1.82, 2.24) is 5.32 Å². The normalized spacial score (nSPS) is 12.7. The van der Waals surface area contributed by atoms with Crippen LogP contribution in [0.15, 0.2) is 24.3 Å². The van der Waals surface area contributed by atoms with Gasteiger partial charge in [0.1, 0.15) is 0 Å². The summed E-state index contributed by atoms with van der Waals surface area (Å²) < 4.78 is 5.48. The second-order valence-electron chi connectivity index (χ2n) is 20.0. The zero-order valence-corrected chi connectivity index (χ0v) is 43.7. The van der Waals surface area contributed by atoms with E-state index in [1.54, 1.807) is 6.08 Å². The molecule has 0 rings (SSSR count). The van der Waals surface area contributed by atoms with E-state index in [1.165, 1.54) is 225 Å². The second kappa shape index (κ2) is 54.9. The lowest BCUT2D eigenvalue weighted by Crippen LogP contribution is -2.45. The molecule has 2 atom stereocenters. The van der Waals surface area contributed by atoms with Gasteiger partial charge in [-0.05, 0) is 57.8 Å². The Morgan fingerprint density at radius 2 is 0.723 bits per heavy atom. The van der Waals surface area contributed by atoms with Crippen LogP contribution in [0.4, 0.5) is 0 Å². The first-order valence-corrected chi connectivity index (χ1v) is 29.1. The van der Waals surface area contributed by atoms with E-state index >= 15 is 0 Å². The third kappa shape index (κ3) is 51.6. The number of carbonyl (C=O) groups excluding carboxylic acids is 2. The van der Waals surface area contributed by atoms with E-state index in [9.17, 15) is 19.8 Å². The first-order valence-electron chi connectivity index (χ1n) is 29.1. The van der Waals surface area contributed by atoms with Crippen molar-refractivity contribution < 1.29 is 24.5 Å². The number of unbranched alkanes of at least 4 members (excludes halogenated alkanes) is 41. The molecule has 0 saturated heterocycles. The van der Waals surface area contributed by atoms with E-state index in [4.69, 9.17) is 4.74 Å². The van der Waals surface area contributed by atoms with Crippen LogP contribution in [0, 0.1) is 0 Å². The summed E-state index contributed by atoms with van der Waals surface area (Å²) in [5, 5.41) is 23.1. The summed E-state index contributed by atoms with van der Waals surface area (Å²) in [5.41, 5.74) is 0. The van der Waals surface area contributed by atoms with Gasteiger partial charge in [0.05, 0.1) is 25.4 Å². The number of hydrogen-bond donors (Lipinski definition) is 3. The molecule has 0 spiro atoms. The van der Waals surface area contributed by atoms with Gasteiger partial charge in [-0.2, -0.15) is 0 Å². The number of nitrogens with one attached hydrogen (secondary N) is 1. The number of rotatable bonds is 54. The predicted molar refractivity (Wildman–Crippen MR) is 283 cm³/mol. The standard InChI is InChI=1S/C59H113NO5/c1-3-5-7-9-11-13-15-17-19-23-27-31-35-39-43-47-51-57(62)56(55-61)60-58(63)52-48-44-40-36-32-28-24-21-22-26-30-34-38-42-46-50-54-65-59(64)53-49-45-41-37-33-29-25-20-18-16-14-12-10-8-6-4-2/h21,24,47,51,56-57,61-62H,3-20,22-23,25-46,48-50,52-55H2,1-2H3,(H,60,63)/b24-21-,51-47+. The van der Waals surface area contributed by atoms with Crippen molar-refractivity contribution in [2.45, 2.75) is 328 Å². The Morgan fingerprint density at radius 1 is 0.415 bits per heavy atom. The van der Waals surface area contributed by atoms with Crippen molar-refractivity contribution in [3.05, 3.63) is 24.3 Å². The first kappa shape index (κ1) is 63.3. The highest BCUT2D eigenvalue weighted by atomic mass is 16.5. The maximum absolute atomic E-state index is 12.4. The monoisotopic (exact) mass is 916 g/mol. The minimum Gasteiger partial charge on any atom is -0.466 e. The van der Waals surface area contributed by atoms with Crippen molar-refractivity contribution in [2.24, 2.45) is 0 Å². The molecule has 0 fully saturated rings. The van der Waals surface area contributed by atoms with Gasteiger partial charge < -0.3 is 20.3 Å². The highest BCUT2D eigenvalue weighted by Crippen LogP contribution is 2.17. The van der Waals surface area contributed by atoms with Crippen LogP contribution in [0.25, 0.3) is 0 Å². The average Bonchev–Trinajstić information content (AvgIpc) is 3.31. The van der Waals surface area contributed by atoms with Crippen LogP contribution in [0.2, 0.25) is 0 Å². The van der Waals surface area contributed by atoms with E-state index in [2.05, 4.69) is 31.3 Å². The van der Waals surface area contributed by atoms with Crippen LogP contribution in [0.5, 0.6) is 0 Å². The number of amides is 1.